The summed E-state index contributed by atoms with van der Waals surface area (Å²) in [6.07, 6.45) is 0. The zero-order chi connectivity index (χ0) is 21.9. The molecule has 160 valence electrons. The zero-order valence-corrected chi connectivity index (χ0v) is 17.6. The molecule has 0 unspecified atom stereocenters. The molecule has 0 atom stereocenters. The number of anilines is 1. The van der Waals surface area contributed by atoms with E-state index in [1.165, 1.54) is 15.7 Å². The first-order valence-electron chi connectivity index (χ1n) is 10.5. The molecule has 1 N–H and O–H groups in total. The molecule has 32 heavy (non-hydrogen) atoms. The van der Waals surface area contributed by atoms with Gasteiger partial charge in [0.1, 0.15) is 12.3 Å². The van der Waals surface area contributed by atoms with Crippen LogP contribution in [0.5, 0.6) is 5.75 Å². The van der Waals surface area contributed by atoms with Crippen molar-refractivity contribution in [2.75, 3.05) is 5.32 Å². The Balaban J connectivity index is 1.27. The van der Waals surface area contributed by atoms with E-state index in [0.717, 1.165) is 28.9 Å². The first-order valence-corrected chi connectivity index (χ1v) is 10.5. The number of carbonyl (C=O) groups is 1. The van der Waals surface area contributed by atoms with Gasteiger partial charge in [0.15, 0.2) is 6.61 Å². The Morgan fingerprint density at radius 3 is 2.59 bits per heavy atom. The van der Waals surface area contributed by atoms with E-state index in [2.05, 4.69) is 44.4 Å². The standard InChI is InChI=1S/C24H22N6O2/c1-2-29-21-11-7-6-10-19(21)20-14-17(12-13-22(20)29)25-24(31)15-30-27-23(26-28-30)16-32-18-8-4-3-5-9-18/h3-14H,2,15-16H2,1H3,(H,25,31). The van der Waals surface area contributed by atoms with Crippen molar-refractivity contribution in [3.63, 3.8) is 0 Å². The van der Waals surface area contributed by atoms with Crippen molar-refractivity contribution in [2.45, 2.75) is 26.6 Å². The average Bonchev–Trinajstić information content (AvgIpc) is 3.40. The molecule has 3 aromatic carbocycles. The maximum Gasteiger partial charge on any atom is 0.248 e. The Morgan fingerprint density at radius 1 is 0.969 bits per heavy atom. The molecule has 0 spiro atoms. The van der Waals surface area contributed by atoms with Crippen LogP contribution in [0.3, 0.4) is 0 Å². The molecule has 8 heteroatoms. The lowest BCUT2D eigenvalue weighted by Gasteiger charge is -2.06. The van der Waals surface area contributed by atoms with E-state index in [9.17, 15) is 4.79 Å². The molecule has 0 aliphatic heterocycles. The minimum absolute atomic E-state index is 0.0346. The monoisotopic (exact) mass is 426 g/mol. The average molecular weight is 426 g/mol. The summed E-state index contributed by atoms with van der Waals surface area (Å²) in [6.45, 7) is 3.16. The number of tetrazole rings is 1. The summed E-state index contributed by atoms with van der Waals surface area (Å²) in [7, 11) is 0. The summed E-state index contributed by atoms with van der Waals surface area (Å²) in [5, 5.41) is 17.3. The van der Waals surface area contributed by atoms with Gasteiger partial charge in [-0.05, 0) is 48.5 Å². The highest BCUT2D eigenvalue weighted by Gasteiger charge is 2.12. The van der Waals surface area contributed by atoms with Gasteiger partial charge in [-0.2, -0.15) is 4.80 Å². The van der Waals surface area contributed by atoms with Gasteiger partial charge in [0.05, 0.1) is 0 Å². The second-order valence-corrected chi connectivity index (χ2v) is 7.38. The molecule has 0 saturated carbocycles. The summed E-state index contributed by atoms with van der Waals surface area (Å²) < 4.78 is 7.88. The van der Waals surface area contributed by atoms with Crippen LogP contribution in [0.15, 0.2) is 72.8 Å². The fraction of sp³-hybridized carbons (Fsp3) is 0.167. The number of nitrogens with one attached hydrogen (secondary N) is 1. The van der Waals surface area contributed by atoms with Crippen molar-refractivity contribution < 1.29 is 9.53 Å². The minimum Gasteiger partial charge on any atom is -0.485 e. The molecular weight excluding hydrogens is 404 g/mol. The predicted molar refractivity (Wildman–Crippen MR) is 122 cm³/mol. The number of nitrogens with zero attached hydrogens (tertiary/aromatic N) is 5. The largest absolute Gasteiger partial charge is 0.485 e. The summed E-state index contributed by atoms with van der Waals surface area (Å²) in [6, 6.07) is 23.7. The highest BCUT2D eigenvalue weighted by molar-refractivity contribution is 6.09. The molecular formula is C24H22N6O2. The van der Waals surface area contributed by atoms with E-state index in [4.69, 9.17) is 4.74 Å². The quantitative estimate of drug-likeness (QED) is 0.425. The molecule has 0 fully saturated rings. The van der Waals surface area contributed by atoms with Crippen LogP contribution in [-0.4, -0.2) is 30.7 Å². The third-order valence-electron chi connectivity index (χ3n) is 5.26. The Bertz CT molecular complexity index is 1390. The highest BCUT2D eigenvalue weighted by Crippen LogP contribution is 2.30. The van der Waals surface area contributed by atoms with Gasteiger partial charge in [0.25, 0.3) is 0 Å². The lowest BCUT2D eigenvalue weighted by atomic mass is 10.1. The van der Waals surface area contributed by atoms with Crippen LogP contribution in [0.4, 0.5) is 5.69 Å². The van der Waals surface area contributed by atoms with Gasteiger partial charge in [-0.1, -0.05) is 36.4 Å². The maximum absolute atomic E-state index is 12.6. The number of carbonyl (C=O) groups excluding carboxylic acids is 1. The Labute approximate surface area is 184 Å². The van der Waals surface area contributed by atoms with E-state index in [0.29, 0.717) is 5.82 Å². The molecule has 1 amide bonds. The Kier molecular flexibility index (Phi) is 5.25. The number of ether oxygens (including phenoxy) is 1. The van der Waals surface area contributed by atoms with Gasteiger partial charge in [-0.3, -0.25) is 4.79 Å². The molecule has 5 rings (SSSR count). The molecule has 5 aromatic rings. The van der Waals surface area contributed by atoms with Gasteiger partial charge in [-0.25, -0.2) is 0 Å². The topological polar surface area (TPSA) is 86.9 Å². The number of fused-ring (bicyclic) bond motifs is 3. The van der Waals surface area contributed by atoms with Crippen molar-refractivity contribution >= 4 is 33.4 Å². The normalized spacial score (nSPS) is 11.2. The first-order chi connectivity index (χ1) is 15.7. The maximum atomic E-state index is 12.6. The summed E-state index contributed by atoms with van der Waals surface area (Å²) in [5.41, 5.74) is 3.06. The van der Waals surface area contributed by atoms with Crippen LogP contribution in [0.25, 0.3) is 21.8 Å². The SMILES string of the molecule is CCn1c2ccccc2c2cc(NC(=O)Cn3nnc(COc4ccccc4)n3)ccc21. The molecule has 0 aliphatic carbocycles. The number of para-hydroxylation sites is 2. The second-order valence-electron chi connectivity index (χ2n) is 7.38. The Morgan fingerprint density at radius 2 is 1.75 bits per heavy atom. The molecule has 0 bridgehead atoms. The fourth-order valence-corrected chi connectivity index (χ4v) is 3.87. The van der Waals surface area contributed by atoms with Crippen molar-refractivity contribution in [3.8, 4) is 5.75 Å². The fourth-order valence-electron chi connectivity index (χ4n) is 3.87. The summed E-state index contributed by atoms with van der Waals surface area (Å²) in [4.78, 5) is 13.8. The van der Waals surface area contributed by atoms with Crippen molar-refractivity contribution in [3.05, 3.63) is 78.6 Å². The van der Waals surface area contributed by atoms with E-state index in [1.54, 1.807) is 0 Å². The van der Waals surface area contributed by atoms with Gasteiger partial charge in [0.2, 0.25) is 11.7 Å². The van der Waals surface area contributed by atoms with Crippen LogP contribution in [-0.2, 0) is 24.5 Å². The second kappa shape index (κ2) is 8.50. The number of aryl methyl sites for hydroxylation is 1. The zero-order valence-electron chi connectivity index (χ0n) is 17.6. The van der Waals surface area contributed by atoms with Gasteiger partial charge in [0, 0.05) is 34.0 Å². The van der Waals surface area contributed by atoms with E-state index < -0.39 is 0 Å². The third kappa shape index (κ3) is 3.90. The number of hydrogen-bond acceptors (Lipinski definition) is 5. The van der Waals surface area contributed by atoms with Crippen molar-refractivity contribution in [1.82, 2.24) is 24.8 Å². The third-order valence-corrected chi connectivity index (χ3v) is 5.26. The van der Waals surface area contributed by atoms with Crippen LogP contribution in [0.1, 0.15) is 12.7 Å². The molecule has 0 radical (unpaired) electrons. The smallest absolute Gasteiger partial charge is 0.248 e. The van der Waals surface area contributed by atoms with Gasteiger partial charge >= 0.3 is 0 Å². The molecule has 2 aromatic heterocycles. The van der Waals surface area contributed by atoms with Crippen LogP contribution >= 0.6 is 0 Å². The van der Waals surface area contributed by atoms with E-state index >= 15 is 0 Å². The van der Waals surface area contributed by atoms with Gasteiger partial charge < -0.3 is 14.6 Å². The van der Waals surface area contributed by atoms with E-state index in [-0.39, 0.29) is 19.1 Å². The first kappa shape index (κ1) is 19.7. The number of amides is 1. The molecule has 8 nitrogen and oxygen atoms in total. The lowest BCUT2D eigenvalue weighted by molar-refractivity contribution is -0.117. The minimum atomic E-state index is -0.225. The number of aromatic nitrogens is 5. The van der Waals surface area contributed by atoms with Crippen LogP contribution in [0.2, 0.25) is 0 Å². The summed E-state index contributed by atoms with van der Waals surface area (Å²) >= 11 is 0. The number of benzene rings is 3. The highest BCUT2D eigenvalue weighted by atomic mass is 16.5. The number of hydrogen-bond donors (Lipinski definition) is 1. The lowest BCUT2D eigenvalue weighted by Crippen LogP contribution is -2.20. The molecule has 2 heterocycles. The van der Waals surface area contributed by atoms with Gasteiger partial charge in [-0.15, -0.1) is 10.2 Å². The van der Waals surface area contributed by atoms with E-state index in [1.807, 2.05) is 60.7 Å². The van der Waals surface area contributed by atoms with Crippen LogP contribution < -0.4 is 10.1 Å². The predicted octanol–water partition coefficient (Wildman–Crippen LogP) is 4.02. The number of rotatable bonds is 7. The Hall–Kier alpha value is -4.20. The van der Waals surface area contributed by atoms with Crippen LogP contribution in [0, 0.1) is 0 Å². The van der Waals surface area contributed by atoms with Crippen molar-refractivity contribution in [2.24, 2.45) is 0 Å². The molecule has 0 aliphatic rings. The molecule has 0 saturated heterocycles. The summed E-state index contributed by atoms with van der Waals surface area (Å²) in [5.74, 6) is 0.911. The van der Waals surface area contributed by atoms with Crippen molar-refractivity contribution in [1.29, 1.82) is 0 Å².